The minimum atomic E-state index is -0.450. The smallest absolute Gasteiger partial charge is 0.293 e. The number of para-hydroxylation sites is 2. The number of halogens is 1. The Morgan fingerprint density at radius 1 is 1.10 bits per heavy atom. The molecular formula is C21H15FN4O3S. The topological polar surface area (TPSA) is 92.3 Å². The predicted octanol–water partition coefficient (Wildman–Crippen LogP) is 3.24. The normalized spacial score (nSPS) is 15.2. The number of carbonyl (C=O) groups excluding carboxylic acids is 3. The first-order valence-corrected chi connectivity index (χ1v) is 9.84. The highest BCUT2D eigenvalue weighted by Gasteiger charge is 2.34. The summed E-state index contributed by atoms with van der Waals surface area (Å²) in [6.07, 6.45) is 2.91. The Balaban J connectivity index is 1.37. The van der Waals surface area contributed by atoms with Crippen LogP contribution in [-0.2, 0) is 4.79 Å². The van der Waals surface area contributed by atoms with E-state index in [1.807, 2.05) is 6.07 Å². The number of hydrogen-bond acceptors (Lipinski definition) is 6. The molecule has 1 aliphatic rings. The van der Waals surface area contributed by atoms with Crippen LogP contribution in [-0.4, -0.2) is 45.0 Å². The van der Waals surface area contributed by atoms with Gasteiger partial charge in [0.25, 0.3) is 17.1 Å². The van der Waals surface area contributed by atoms with E-state index >= 15 is 0 Å². The second kappa shape index (κ2) is 8.42. The zero-order valence-electron chi connectivity index (χ0n) is 15.5. The van der Waals surface area contributed by atoms with Gasteiger partial charge in [-0.15, -0.1) is 0 Å². The van der Waals surface area contributed by atoms with E-state index in [9.17, 15) is 18.8 Å². The highest BCUT2D eigenvalue weighted by molar-refractivity contribution is 8.18. The summed E-state index contributed by atoms with van der Waals surface area (Å²) in [5.41, 5.74) is 2.05. The van der Waals surface area contributed by atoms with Crippen molar-refractivity contribution in [3.8, 4) is 0 Å². The monoisotopic (exact) mass is 422 g/mol. The van der Waals surface area contributed by atoms with Crippen molar-refractivity contribution < 1.29 is 18.8 Å². The zero-order chi connectivity index (χ0) is 21.1. The predicted molar refractivity (Wildman–Crippen MR) is 111 cm³/mol. The molecular weight excluding hydrogens is 407 g/mol. The summed E-state index contributed by atoms with van der Waals surface area (Å²) in [6.45, 7) is 0.105. The van der Waals surface area contributed by atoms with E-state index in [2.05, 4.69) is 15.3 Å². The molecule has 1 aromatic heterocycles. The highest BCUT2D eigenvalue weighted by atomic mass is 32.2. The van der Waals surface area contributed by atoms with Crippen molar-refractivity contribution in [3.63, 3.8) is 0 Å². The molecule has 0 unspecified atom stereocenters. The fourth-order valence-electron chi connectivity index (χ4n) is 2.84. The second-order valence-corrected chi connectivity index (χ2v) is 7.38. The van der Waals surface area contributed by atoms with Gasteiger partial charge < -0.3 is 5.32 Å². The minimum absolute atomic E-state index is 0.0260. The number of nitrogens with one attached hydrogen (secondary N) is 1. The molecule has 1 N–H and O–H groups in total. The lowest BCUT2D eigenvalue weighted by atomic mass is 10.2. The molecule has 0 saturated carbocycles. The number of hydrogen-bond donors (Lipinski definition) is 1. The molecule has 1 aliphatic heterocycles. The van der Waals surface area contributed by atoms with E-state index in [0.717, 1.165) is 16.7 Å². The number of carbonyl (C=O) groups is 3. The SMILES string of the molecule is O=C(NCCN1C(=O)S/C(=C\c2ccc(F)cc2)C1=O)c1cnc2ccccc2n1. The lowest BCUT2D eigenvalue weighted by Crippen LogP contribution is -2.37. The van der Waals surface area contributed by atoms with Gasteiger partial charge >= 0.3 is 0 Å². The van der Waals surface area contributed by atoms with Crippen LogP contribution in [0.4, 0.5) is 9.18 Å². The van der Waals surface area contributed by atoms with Gasteiger partial charge in [0.1, 0.15) is 11.5 Å². The largest absolute Gasteiger partial charge is 0.349 e. The van der Waals surface area contributed by atoms with Gasteiger partial charge in [0.05, 0.1) is 22.1 Å². The molecule has 1 saturated heterocycles. The Morgan fingerprint density at radius 3 is 2.60 bits per heavy atom. The van der Waals surface area contributed by atoms with Gasteiger partial charge in [-0.25, -0.2) is 9.37 Å². The van der Waals surface area contributed by atoms with Crippen molar-refractivity contribution in [3.05, 3.63) is 76.7 Å². The Morgan fingerprint density at radius 2 is 1.83 bits per heavy atom. The number of thioether (sulfide) groups is 1. The van der Waals surface area contributed by atoms with Gasteiger partial charge in [-0.2, -0.15) is 0 Å². The molecule has 7 nitrogen and oxygen atoms in total. The number of amides is 3. The first kappa shape index (κ1) is 19.7. The first-order chi connectivity index (χ1) is 14.5. The van der Waals surface area contributed by atoms with Crippen LogP contribution in [0.25, 0.3) is 17.1 Å². The summed E-state index contributed by atoms with van der Waals surface area (Å²) in [7, 11) is 0. The van der Waals surface area contributed by atoms with Crippen LogP contribution >= 0.6 is 11.8 Å². The van der Waals surface area contributed by atoms with Crippen LogP contribution in [0.3, 0.4) is 0 Å². The third-order valence-electron chi connectivity index (χ3n) is 4.34. The summed E-state index contributed by atoms with van der Waals surface area (Å²) in [6, 6.07) is 12.8. The Kier molecular flexibility index (Phi) is 5.53. The van der Waals surface area contributed by atoms with E-state index in [4.69, 9.17) is 0 Å². The van der Waals surface area contributed by atoms with Crippen molar-refractivity contribution in [2.24, 2.45) is 0 Å². The standard InChI is InChI=1S/C21H15FN4O3S/c22-14-7-5-13(6-8-14)11-18-20(28)26(21(29)30-18)10-9-23-19(27)17-12-24-15-3-1-2-4-16(15)25-17/h1-8,11-12H,9-10H2,(H,23,27)/b18-11-. The number of rotatable bonds is 5. The number of fused-ring (bicyclic) bond motifs is 1. The number of benzene rings is 2. The van der Waals surface area contributed by atoms with Crippen LogP contribution in [0, 0.1) is 5.82 Å². The summed E-state index contributed by atoms with van der Waals surface area (Å²) in [5.74, 6) is -1.27. The van der Waals surface area contributed by atoms with Crippen molar-refractivity contribution in [1.29, 1.82) is 0 Å². The molecule has 3 amide bonds. The summed E-state index contributed by atoms with van der Waals surface area (Å²) in [5, 5.41) is 2.22. The van der Waals surface area contributed by atoms with Crippen LogP contribution in [0.1, 0.15) is 16.1 Å². The van der Waals surface area contributed by atoms with Crippen LogP contribution in [0.5, 0.6) is 0 Å². The highest BCUT2D eigenvalue weighted by Crippen LogP contribution is 2.31. The van der Waals surface area contributed by atoms with Crippen molar-refractivity contribution in [2.75, 3.05) is 13.1 Å². The fraction of sp³-hybridized carbons (Fsp3) is 0.0952. The molecule has 0 bridgehead atoms. The molecule has 0 radical (unpaired) electrons. The molecule has 150 valence electrons. The average Bonchev–Trinajstić information content (AvgIpc) is 3.02. The van der Waals surface area contributed by atoms with Crippen molar-refractivity contribution in [1.82, 2.24) is 20.2 Å². The van der Waals surface area contributed by atoms with Crippen LogP contribution < -0.4 is 5.32 Å². The van der Waals surface area contributed by atoms with E-state index < -0.39 is 17.1 Å². The van der Waals surface area contributed by atoms with Gasteiger partial charge in [-0.3, -0.25) is 24.3 Å². The third-order valence-corrected chi connectivity index (χ3v) is 5.25. The maximum absolute atomic E-state index is 13.0. The third kappa shape index (κ3) is 4.20. The zero-order valence-corrected chi connectivity index (χ0v) is 16.4. The minimum Gasteiger partial charge on any atom is -0.349 e. The summed E-state index contributed by atoms with van der Waals surface area (Å²) >= 11 is 0.807. The van der Waals surface area contributed by atoms with Crippen LogP contribution in [0.2, 0.25) is 0 Å². The Labute approximate surface area is 175 Å². The van der Waals surface area contributed by atoms with E-state index in [0.29, 0.717) is 16.6 Å². The van der Waals surface area contributed by atoms with Crippen LogP contribution in [0.15, 0.2) is 59.6 Å². The van der Waals surface area contributed by atoms with Gasteiger partial charge in [0.15, 0.2) is 0 Å². The molecule has 3 aromatic rings. The molecule has 2 aromatic carbocycles. The summed E-state index contributed by atoms with van der Waals surface area (Å²) < 4.78 is 13.0. The Hall–Kier alpha value is -3.59. The molecule has 0 atom stereocenters. The van der Waals surface area contributed by atoms with Gasteiger partial charge in [0.2, 0.25) is 0 Å². The maximum atomic E-state index is 13.0. The maximum Gasteiger partial charge on any atom is 0.293 e. The molecule has 1 fully saturated rings. The second-order valence-electron chi connectivity index (χ2n) is 6.38. The molecule has 2 heterocycles. The fourth-order valence-corrected chi connectivity index (χ4v) is 3.71. The first-order valence-electron chi connectivity index (χ1n) is 9.02. The number of aromatic nitrogens is 2. The summed E-state index contributed by atoms with van der Waals surface area (Å²) in [4.78, 5) is 46.7. The van der Waals surface area contributed by atoms with Gasteiger partial charge in [-0.1, -0.05) is 24.3 Å². The molecule has 0 spiro atoms. The average molecular weight is 422 g/mol. The lowest BCUT2D eigenvalue weighted by Gasteiger charge is -2.12. The molecule has 4 rings (SSSR count). The number of imide groups is 1. The lowest BCUT2D eigenvalue weighted by molar-refractivity contribution is -0.122. The number of nitrogens with zero attached hydrogens (tertiary/aromatic N) is 3. The van der Waals surface area contributed by atoms with E-state index in [-0.39, 0.29) is 29.5 Å². The Bertz CT molecular complexity index is 1180. The quantitative estimate of drug-likeness (QED) is 0.635. The molecule has 0 aliphatic carbocycles. The van der Waals surface area contributed by atoms with Gasteiger partial charge in [0, 0.05) is 13.1 Å². The van der Waals surface area contributed by atoms with E-state index in [1.165, 1.54) is 36.5 Å². The van der Waals surface area contributed by atoms with Gasteiger partial charge in [-0.05, 0) is 47.7 Å². The molecule has 30 heavy (non-hydrogen) atoms. The van der Waals surface area contributed by atoms with Crippen molar-refractivity contribution >= 4 is 45.9 Å². The molecule has 9 heteroatoms. The van der Waals surface area contributed by atoms with E-state index in [1.54, 1.807) is 18.2 Å². The van der Waals surface area contributed by atoms with Crippen molar-refractivity contribution in [2.45, 2.75) is 0 Å².